The van der Waals surface area contributed by atoms with E-state index in [0.717, 1.165) is 19.0 Å². The van der Waals surface area contributed by atoms with Crippen LogP contribution >= 0.6 is 11.8 Å². The molecule has 1 aromatic carbocycles. The van der Waals surface area contributed by atoms with Crippen molar-refractivity contribution in [1.29, 1.82) is 0 Å². The van der Waals surface area contributed by atoms with Crippen molar-refractivity contribution < 1.29 is 14.3 Å². The average Bonchev–Trinajstić information content (AvgIpc) is 2.38. The number of hydrogen-bond donors (Lipinski definition) is 2. The van der Waals surface area contributed by atoms with Crippen molar-refractivity contribution in [2.45, 2.75) is 24.5 Å². The summed E-state index contributed by atoms with van der Waals surface area (Å²) in [6.45, 7) is 0.733. The maximum absolute atomic E-state index is 13.0. The van der Waals surface area contributed by atoms with Gasteiger partial charge in [-0.2, -0.15) is 11.8 Å². The van der Waals surface area contributed by atoms with Gasteiger partial charge in [-0.05, 0) is 36.8 Å². The zero-order chi connectivity index (χ0) is 13.0. The Morgan fingerprint density at radius 3 is 3.00 bits per heavy atom. The molecule has 1 aliphatic rings. The molecule has 0 saturated carbocycles. The number of anilines is 1. The molecule has 1 aliphatic heterocycles. The molecule has 0 aliphatic carbocycles. The number of carboxylic acid groups (broad SMARTS) is 1. The third-order valence-corrected chi connectivity index (χ3v) is 4.40. The first-order chi connectivity index (χ1) is 8.66. The summed E-state index contributed by atoms with van der Waals surface area (Å²) in [5, 5.41) is 12.7. The minimum absolute atomic E-state index is 0.00388. The molecule has 3 nitrogen and oxygen atoms in total. The van der Waals surface area contributed by atoms with Gasteiger partial charge in [0, 0.05) is 17.5 Å². The Bertz CT molecular complexity index is 433. The minimum Gasteiger partial charge on any atom is -0.478 e. The minimum atomic E-state index is -1.10. The van der Waals surface area contributed by atoms with Crippen LogP contribution in [0.4, 0.5) is 10.1 Å². The molecular weight excluding hydrogens is 253 g/mol. The third kappa shape index (κ3) is 3.38. The molecule has 0 amide bonds. The molecule has 1 fully saturated rings. The molecule has 2 rings (SSSR count). The van der Waals surface area contributed by atoms with E-state index in [9.17, 15) is 9.18 Å². The Morgan fingerprint density at radius 2 is 2.33 bits per heavy atom. The van der Waals surface area contributed by atoms with Crippen LogP contribution in [-0.4, -0.2) is 28.6 Å². The highest BCUT2D eigenvalue weighted by Gasteiger charge is 2.16. The first kappa shape index (κ1) is 13.2. The largest absolute Gasteiger partial charge is 0.478 e. The Kier molecular flexibility index (Phi) is 4.47. The normalized spacial score (nSPS) is 19.5. The fraction of sp³-hybridized carbons (Fsp3) is 0.462. The topological polar surface area (TPSA) is 49.3 Å². The van der Waals surface area contributed by atoms with Crippen molar-refractivity contribution in [3.05, 3.63) is 29.6 Å². The lowest BCUT2D eigenvalue weighted by Crippen LogP contribution is -2.21. The summed E-state index contributed by atoms with van der Waals surface area (Å²) in [4.78, 5) is 11.0. The van der Waals surface area contributed by atoms with Crippen LogP contribution in [0.2, 0.25) is 0 Å². The van der Waals surface area contributed by atoms with Crippen LogP contribution < -0.4 is 5.32 Å². The highest BCUT2D eigenvalue weighted by Crippen LogP contribution is 2.26. The number of benzene rings is 1. The smallest absolute Gasteiger partial charge is 0.337 e. The molecule has 0 radical (unpaired) electrons. The molecule has 98 valence electrons. The van der Waals surface area contributed by atoms with E-state index in [-0.39, 0.29) is 5.56 Å². The monoisotopic (exact) mass is 269 g/mol. The Labute approximate surface area is 110 Å². The quantitative estimate of drug-likeness (QED) is 0.881. The van der Waals surface area contributed by atoms with Gasteiger partial charge in [-0.15, -0.1) is 0 Å². The SMILES string of the molecule is O=C(O)c1cc(F)ccc1NCC1CCCCS1. The lowest BCUT2D eigenvalue weighted by Gasteiger charge is -2.22. The van der Waals surface area contributed by atoms with E-state index in [1.165, 1.54) is 30.7 Å². The summed E-state index contributed by atoms with van der Waals surface area (Å²) in [7, 11) is 0. The first-order valence-electron chi connectivity index (χ1n) is 6.05. The van der Waals surface area contributed by atoms with Crippen molar-refractivity contribution >= 4 is 23.4 Å². The predicted molar refractivity (Wildman–Crippen MR) is 71.9 cm³/mol. The molecule has 1 saturated heterocycles. The van der Waals surface area contributed by atoms with E-state index in [4.69, 9.17) is 5.11 Å². The van der Waals surface area contributed by atoms with Gasteiger partial charge in [0.1, 0.15) is 5.82 Å². The second-order valence-corrected chi connectivity index (χ2v) is 5.77. The van der Waals surface area contributed by atoms with Crippen molar-refractivity contribution in [2.75, 3.05) is 17.6 Å². The van der Waals surface area contributed by atoms with E-state index in [0.29, 0.717) is 10.9 Å². The van der Waals surface area contributed by atoms with Gasteiger partial charge in [-0.1, -0.05) is 6.42 Å². The molecule has 0 aromatic heterocycles. The van der Waals surface area contributed by atoms with Crippen LogP contribution in [0.3, 0.4) is 0 Å². The Morgan fingerprint density at radius 1 is 1.50 bits per heavy atom. The standard InChI is InChI=1S/C13H16FNO2S/c14-9-4-5-12(11(7-9)13(16)17)15-8-10-3-1-2-6-18-10/h4-5,7,10,15H,1-3,6,8H2,(H,16,17). The summed E-state index contributed by atoms with van der Waals surface area (Å²) < 4.78 is 13.0. The van der Waals surface area contributed by atoms with Crippen molar-refractivity contribution in [1.82, 2.24) is 0 Å². The third-order valence-electron chi connectivity index (χ3n) is 3.01. The summed E-state index contributed by atoms with van der Waals surface area (Å²) in [5.74, 6) is -0.458. The van der Waals surface area contributed by atoms with E-state index >= 15 is 0 Å². The van der Waals surface area contributed by atoms with Crippen LogP contribution in [-0.2, 0) is 0 Å². The van der Waals surface area contributed by atoms with Gasteiger partial charge in [-0.3, -0.25) is 0 Å². The fourth-order valence-corrected chi connectivity index (χ4v) is 3.28. The van der Waals surface area contributed by atoms with E-state index in [1.54, 1.807) is 0 Å². The summed E-state index contributed by atoms with van der Waals surface area (Å²) in [5.41, 5.74) is 0.492. The second kappa shape index (κ2) is 6.09. The maximum Gasteiger partial charge on any atom is 0.337 e. The summed E-state index contributed by atoms with van der Waals surface area (Å²) in [6, 6.07) is 3.83. The van der Waals surface area contributed by atoms with Gasteiger partial charge in [-0.25, -0.2) is 9.18 Å². The lowest BCUT2D eigenvalue weighted by molar-refractivity contribution is 0.0697. The second-order valence-electron chi connectivity index (χ2n) is 4.36. The molecule has 5 heteroatoms. The van der Waals surface area contributed by atoms with Crippen LogP contribution in [0.15, 0.2) is 18.2 Å². The van der Waals surface area contributed by atoms with Gasteiger partial charge in [0.05, 0.1) is 5.56 Å². The van der Waals surface area contributed by atoms with E-state index < -0.39 is 11.8 Å². The summed E-state index contributed by atoms with van der Waals surface area (Å²) >= 11 is 1.92. The van der Waals surface area contributed by atoms with Crippen molar-refractivity contribution in [3.63, 3.8) is 0 Å². The zero-order valence-corrected chi connectivity index (χ0v) is 10.8. The molecule has 2 N–H and O–H groups in total. The number of thioether (sulfide) groups is 1. The van der Waals surface area contributed by atoms with E-state index in [2.05, 4.69) is 5.32 Å². The molecule has 18 heavy (non-hydrogen) atoms. The van der Waals surface area contributed by atoms with Gasteiger partial charge < -0.3 is 10.4 Å². The molecule has 1 heterocycles. The number of carboxylic acids is 1. The van der Waals surface area contributed by atoms with Gasteiger partial charge >= 0.3 is 5.97 Å². The van der Waals surface area contributed by atoms with Gasteiger partial charge in [0.2, 0.25) is 0 Å². The molecule has 1 aromatic rings. The lowest BCUT2D eigenvalue weighted by atomic mass is 10.1. The molecule has 1 atom stereocenters. The van der Waals surface area contributed by atoms with Crippen LogP contribution in [0, 0.1) is 5.82 Å². The highest BCUT2D eigenvalue weighted by atomic mass is 32.2. The van der Waals surface area contributed by atoms with Gasteiger partial charge in [0.25, 0.3) is 0 Å². The van der Waals surface area contributed by atoms with Crippen LogP contribution in [0.25, 0.3) is 0 Å². The molecule has 1 unspecified atom stereocenters. The maximum atomic E-state index is 13.0. The number of hydrogen-bond acceptors (Lipinski definition) is 3. The molecule has 0 bridgehead atoms. The predicted octanol–water partition coefficient (Wildman–Crippen LogP) is 3.22. The number of halogens is 1. The van der Waals surface area contributed by atoms with Gasteiger partial charge in [0.15, 0.2) is 0 Å². The first-order valence-corrected chi connectivity index (χ1v) is 7.10. The zero-order valence-electron chi connectivity index (χ0n) is 9.99. The molecular formula is C13H16FNO2S. The number of nitrogens with one attached hydrogen (secondary N) is 1. The van der Waals surface area contributed by atoms with Crippen molar-refractivity contribution in [2.24, 2.45) is 0 Å². The number of aromatic carboxylic acids is 1. The fourth-order valence-electron chi connectivity index (χ4n) is 2.04. The number of carbonyl (C=O) groups is 1. The van der Waals surface area contributed by atoms with Crippen molar-refractivity contribution in [3.8, 4) is 0 Å². The van der Waals surface area contributed by atoms with Crippen LogP contribution in [0.5, 0.6) is 0 Å². The van der Waals surface area contributed by atoms with E-state index in [1.807, 2.05) is 11.8 Å². The Balaban J connectivity index is 2.01. The molecule has 0 spiro atoms. The summed E-state index contributed by atoms with van der Waals surface area (Å²) in [6.07, 6.45) is 3.65. The van der Waals surface area contributed by atoms with Crippen LogP contribution in [0.1, 0.15) is 29.6 Å². The Hall–Kier alpha value is -1.23. The average molecular weight is 269 g/mol. The number of rotatable bonds is 4. The highest BCUT2D eigenvalue weighted by molar-refractivity contribution is 7.99.